The second kappa shape index (κ2) is 2.14. The fourth-order valence-electron chi connectivity index (χ4n) is 2.45. The first-order chi connectivity index (χ1) is 5.75. The Bertz CT molecular complexity index is 290. The molecule has 3 aliphatic rings. The molecule has 4 rings (SSSR count). The van der Waals surface area contributed by atoms with E-state index in [1.165, 1.54) is 12.8 Å². The summed E-state index contributed by atoms with van der Waals surface area (Å²) in [5.41, 5.74) is 1.72. The number of rotatable bonds is 1. The lowest BCUT2D eigenvalue weighted by molar-refractivity contribution is 0.407. The highest BCUT2D eigenvalue weighted by atomic mass is 32.1. The van der Waals surface area contributed by atoms with Crippen molar-refractivity contribution in [2.75, 3.05) is 0 Å². The molecule has 0 unspecified atom stereocenters. The van der Waals surface area contributed by atoms with Gasteiger partial charge >= 0.3 is 0 Å². The normalized spacial score (nSPS) is 30.6. The van der Waals surface area contributed by atoms with Gasteiger partial charge in [0, 0.05) is 9.75 Å². The summed E-state index contributed by atoms with van der Waals surface area (Å²) in [5.74, 6) is 2.68. The van der Waals surface area contributed by atoms with Gasteiger partial charge in [-0.2, -0.15) is 0 Å². The third-order valence-corrected chi connectivity index (χ3v) is 4.94. The van der Waals surface area contributed by atoms with E-state index >= 15 is 0 Å². The van der Waals surface area contributed by atoms with Gasteiger partial charge in [-0.15, -0.1) is 11.3 Å². The molecule has 0 aliphatic heterocycles. The van der Waals surface area contributed by atoms with Gasteiger partial charge in [0.2, 0.25) is 0 Å². The van der Waals surface area contributed by atoms with Crippen LogP contribution in [0.25, 0.3) is 0 Å². The van der Waals surface area contributed by atoms with E-state index in [1.54, 1.807) is 15.3 Å². The Morgan fingerprint density at radius 2 is 2.08 bits per heavy atom. The van der Waals surface area contributed by atoms with Crippen molar-refractivity contribution in [1.29, 1.82) is 0 Å². The van der Waals surface area contributed by atoms with Gasteiger partial charge in [0.15, 0.2) is 0 Å². The number of thiophene rings is 1. The average Bonchev–Trinajstić information content (AvgIpc) is 2.39. The highest BCUT2D eigenvalue weighted by molar-refractivity contribution is 7.12. The summed E-state index contributed by atoms with van der Waals surface area (Å²) in [4.78, 5) is 3.35. The van der Waals surface area contributed by atoms with Gasteiger partial charge in [-0.3, -0.25) is 0 Å². The van der Waals surface area contributed by atoms with Gasteiger partial charge < -0.3 is 0 Å². The molecule has 1 aromatic rings. The molecular weight excluding hydrogens is 164 g/mol. The van der Waals surface area contributed by atoms with E-state index in [-0.39, 0.29) is 0 Å². The van der Waals surface area contributed by atoms with Crippen LogP contribution in [0.4, 0.5) is 0 Å². The molecule has 1 aromatic heterocycles. The van der Waals surface area contributed by atoms with Crippen molar-refractivity contribution in [3.05, 3.63) is 21.4 Å². The van der Waals surface area contributed by atoms with E-state index in [4.69, 9.17) is 0 Å². The first kappa shape index (κ1) is 7.14. The Hall–Kier alpha value is -0.300. The van der Waals surface area contributed by atoms with Gasteiger partial charge in [0.1, 0.15) is 0 Å². The van der Waals surface area contributed by atoms with Crippen molar-refractivity contribution in [3.63, 3.8) is 0 Å². The van der Waals surface area contributed by atoms with E-state index < -0.39 is 0 Å². The summed E-state index contributed by atoms with van der Waals surface area (Å²) in [6.07, 6.45) is 2.94. The lowest BCUT2D eigenvalue weighted by Gasteiger charge is -2.23. The maximum absolute atomic E-state index is 2.47. The quantitative estimate of drug-likeness (QED) is 0.613. The monoisotopic (exact) mass is 178 g/mol. The van der Waals surface area contributed by atoms with Crippen LogP contribution in [0.3, 0.4) is 0 Å². The molecule has 0 saturated heterocycles. The van der Waals surface area contributed by atoms with Crippen LogP contribution in [0.5, 0.6) is 0 Å². The van der Waals surface area contributed by atoms with Gasteiger partial charge in [0.05, 0.1) is 0 Å². The summed E-state index contributed by atoms with van der Waals surface area (Å²) >= 11 is 2.08. The third kappa shape index (κ3) is 0.731. The zero-order chi connectivity index (χ0) is 8.29. The van der Waals surface area contributed by atoms with E-state index in [2.05, 4.69) is 31.3 Å². The largest absolute Gasteiger partial charge is 0.145 e. The first-order valence-corrected chi connectivity index (χ1v) is 5.71. The van der Waals surface area contributed by atoms with Crippen LogP contribution in [0, 0.1) is 0 Å². The topological polar surface area (TPSA) is 0 Å². The number of hydrogen-bond donors (Lipinski definition) is 0. The maximum Gasteiger partial charge on any atom is 0.0114 e. The van der Waals surface area contributed by atoms with Crippen LogP contribution in [-0.2, 0) is 0 Å². The van der Waals surface area contributed by atoms with E-state index in [1.807, 2.05) is 0 Å². The van der Waals surface area contributed by atoms with Crippen LogP contribution < -0.4 is 0 Å². The lowest BCUT2D eigenvalue weighted by atomic mass is 9.82. The molecule has 0 N–H and O–H groups in total. The minimum atomic E-state index is 0.736. The molecule has 1 saturated carbocycles. The van der Waals surface area contributed by atoms with Crippen molar-refractivity contribution in [2.24, 2.45) is 0 Å². The first-order valence-electron chi connectivity index (χ1n) is 4.89. The van der Waals surface area contributed by atoms with Crippen molar-refractivity contribution in [2.45, 2.75) is 44.4 Å². The van der Waals surface area contributed by atoms with Gasteiger partial charge in [-0.05, 0) is 42.2 Å². The minimum absolute atomic E-state index is 0.736. The summed E-state index contributed by atoms with van der Waals surface area (Å²) < 4.78 is 0. The average molecular weight is 178 g/mol. The Morgan fingerprint density at radius 1 is 1.33 bits per heavy atom. The molecule has 1 heteroatoms. The molecule has 64 valence electrons. The van der Waals surface area contributed by atoms with Gasteiger partial charge in [0.25, 0.3) is 0 Å². The van der Waals surface area contributed by atoms with Crippen LogP contribution in [-0.4, -0.2) is 0 Å². The molecule has 0 spiro atoms. The predicted octanol–water partition coefficient (Wildman–Crippen LogP) is 3.85. The van der Waals surface area contributed by atoms with Crippen LogP contribution >= 0.6 is 11.3 Å². The Kier molecular flexibility index (Phi) is 1.27. The highest BCUT2D eigenvalue weighted by Crippen LogP contribution is 2.60. The second-order valence-corrected chi connectivity index (χ2v) is 5.60. The van der Waals surface area contributed by atoms with E-state index in [0.29, 0.717) is 0 Å². The molecule has 1 heterocycles. The SMILES string of the molecule is CC(C)c1cc2c(s1)C1CC2C1. The molecule has 0 radical (unpaired) electrons. The molecule has 1 fully saturated rings. The van der Waals surface area contributed by atoms with Gasteiger partial charge in [-0.1, -0.05) is 13.8 Å². The summed E-state index contributed by atoms with van der Waals surface area (Å²) in [5, 5.41) is 0. The molecule has 2 bridgehead atoms. The van der Waals surface area contributed by atoms with Crippen molar-refractivity contribution < 1.29 is 0 Å². The van der Waals surface area contributed by atoms with E-state index in [9.17, 15) is 0 Å². The lowest BCUT2D eigenvalue weighted by Crippen LogP contribution is -2.07. The zero-order valence-corrected chi connectivity index (χ0v) is 8.45. The smallest absolute Gasteiger partial charge is 0.0114 e. The second-order valence-electron chi connectivity index (χ2n) is 4.49. The highest BCUT2D eigenvalue weighted by Gasteiger charge is 2.43. The van der Waals surface area contributed by atoms with Crippen molar-refractivity contribution in [1.82, 2.24) is 0 Å². The molecule has 12 heavy (non-hydrogen) atoms. The van der Waals surface area contributed by atoms with Crippen LogP contribution in [0.15, 0.2) is 6.07 Å². The van der Waals surface area contributed by atoms with E-state index in [0.717, 1.165) is 17.8 Å². The summed E-state index contributed by atoms with van der Waals surface area (Å²) in [6, 6.07) is 2.47. The van der Waals surface area contributed by atoms with Crippen LogP contribution in [0.2, 0.25) is 0 Å². The molecule has 0 amide bonds. The zero-order valence-electron chi connectivity index (χ0n) is 7.63. The Labute approximate surface area is 77.6 Å². The van der Waals surface area contributed by atoms with Crippen molar-refractivity contribution in [3.8, 4) is 0 Å². The maximum atomic E-state index is 2.47. The molecule has 3 aliphatic carbocycles. The summed E-state index contributed by atoms with van der Waals surface area (Å²) in [6.45, 7) is 4.60. The summed E-state index contributed by atoms with van der Waals surface area (Å²) in [7, 11) is 0. The fourth-order valence-corrected chi connectivity index (χ4v) is 3.83. The molecule has 0 atom stereocenters. The van der Waals surface area contributed by atoms with Crippen molar-refractivity contribution >= 4 is 11.3 Å². The molecule has 0 aromatic carbocycles. The fraction of sp³-hybridized carbons (Fsp3) is 0.636. The Balaban J connectivity index is 2.06. The molecule has 0 nitrogen and oxygen atoms in total. The third-order valence-electron chi connectivity index (χ3n) is 3.33. The number of hydrogen-bond acceptors (Lipinski definition) is 1. The Morgan fingerprint density at radius 3 is 2.67 bits per heavy atom. The minimum Gasteiger partial charge on any atom is -0.145 e. The van der Waals surface area contributed by atoms with Crippen LogP contribution in [0.1, 0.15) is 59.8 Å². The standard InChI is InChI=1S/C11H14S/c1-6(2)10-5-9-7-3-8(4-7)11(9)12-10/h5-8H,3-4H2,1-2H3. The molecular formula is C11H14S. The predicted molar refractivity (Wildman–Crippen MR) is 53.1 cm³/mol. The van der Waals surface area contributed by atoms with Gasteiger partial charge in [-0.25, -0.2) is 0 Å².